The topological polar surface area (TPSA) is 138 Å². The number of hydrogen-bond donors (Lipinski definition) is 4. The summed E-state index contributed by atoms with van der Waals surface area (Å²) in [6.07, 6.45) is 0.156. The third kappa shape index (κ3) is 24.5. The quantitative estimate of drug-likeness (QED) is 0.484. The molecule has 0 aliphatic carbocycles. The van der Waals surface area contributed by atoms with Gasteiger partial charge in [-0.2, -0.15) is 0 Å². The van der Waals surface area contributed by atoms with Crippen LogP contribution in [0.25, 0.3) is 0 Å². The molecule has 15 heavy (non-hydrogen) atoms. The van der Waals surface area contributed by atoms with Gasteiger partial charge in [-0.25, -0.2) is 0 Å². The lowest BCUT2D eigenvalue weighted by molar-refractivity contribution is -0.139. The second-order valence-corrected chi connectivity index (χ2v) is 2.57. The monoisotopic (exact) mass is 221 g/mol. The van der Waals surface area contributed by atoms with E-state index in [-0.39, 0.29) is 32.2 Å². The van der Waals surface area contributed by atoms with Gasteiger partial charge in [-0.1, -0.05) is 0 Å². The highest BCUT2D eigenvalue weighted by Gasteiger charge is 1.99. The van der Waals surface area contributed by atoms with Gasteiger partial charge in [-0.3, -0.25) is 14.4 Å². The summed E-state index contributed by atoms with van der Waals surface area (Å²) in [7, 11) is 0. The van der Waals surface area contributed by atoms with E-state index in [0.29, 0.717) is 0 Å². The van der Waals surface area contributed by atoms with Crippen molar-refractivity contribution in [2.45, 2.75) is 25.7 Å². The molecular weight excluding hydrogens is 206 g/mol. The summed E-state index contributed by atoms with van der Waals surface area (Å²) < 4.78 is 0. The van der Waals surface area contributed by atoms with Crippen molar-refractivity contribution in [1.82, 2.24) is 0 Å². The lowest BCUT2D eigenvalue weighted by Crippen LogP contribution is -2.05. The molecule has 0 aromatic rings. The second-order valence-electron chi connectivity index (χ2n) is 2.57. The van der Waals surface area contributed by atoms with E-state index in [1.807, 2.05) is 0 Å². The van der Waals surface area contributed by atoms with E-state index in [0.717, 1.165) is 0 Å². The molecule has 0 heterocycles. The highest BCUT2D eigenvalue weighted by molar-refractivity contribution is 5.69. The Bertz CT molecular complexity index is 201. The SMILES string of the molecule is NCCC(=O)O.O=C(O)CCCC(=O)O. The molecule has 0 saturated heterocycles. The Labute approximate surface area is 86.5 Å². The standard InChI is InChI=1S/C5H8O4.C3H7NO2/c6-4(7)2-1-3-5(8)9;4-2-1-3(5)6/h1-3H2,(H,6,7)(H,8,9);1-2,4H2,(H,5,6). The largest absolute Gasteiger partial charge is 0.481 e. The van der Waals surface area contributed by atoms with Crippen molar-refractivity contribution in [2.24, 2.45) is 5.73 Å². The zero-order chi connectivity index (χ0) is 12.3. The van der Waals surface area contributed by atoms with E-state index in [1.165, 1.54) is 0 Å². The number of hydrogen-bond acceptors (Lipinski definition) is 4. The minimum Gasteiger partial charge on any atom is -0.481 e. The number of nitrogens with two attached hydrogens (primary N) is 1. The Morgan fingerprint density at radius 2 is 1.13 bits per heavy atom. The first kappa shape index (κ1) is 15.8. The maximum absolute atomic E-state index is 9.79. The fourth-order valence-electron chi connectivity index (χ4n) is 0.514. The fraction of sp³-hybridized carbons (Fsp3) is 0.625. The van der Waals surface area contributed by atoms with Gasteiger partial charge in [0.2, 0.25) is 0 Å². The number of aliphatic carboxylic acids is 3. The molecule has 0 aromatic heterocycles. The Balaban J connectivity index is 0. The van der Waals surface area contributed by atoms with Crippen LogP contribution in [0.3, 0.4) is 0 Å². The van der Waals surface area contributed by atoms with Gasteiger partial charge in [0.15, 0.2) is 0 Å². The molecule has 88 valence electrons. The lowest BCUT2D eigenvalue weighted by atomic mass is 10.2. The van der Waals surface area contributed by atoms with Crippen molar-refractivity contribution in [3.8, 4) is 0 Å². The summed E-state index contributed by atoms with van der Waals surface area (Å²) in [5, 5.41) is 23.9. The van der Waals surface area contributed by atoms with Gasteiger partial charge in [0.05, 0.1) is 6.42 Å². The molecule has 0 aliphatic rings. The first-order valence-electron chi connectivity index (χ1n) is 4.25. The maximum atomic E-state index is 9.79. The van der Waals surface area contributed by atoms with Crippen molar-refractivity contribution in [1.29, 1.82) is 0 Å². The summed E-state index contributed by atoms with van der Waals surface area (Å²) in [6.45, 7) is 0.231. The highest BCUT2D eigenvalue weighted by Crippen LogP contribution is 1.93. The van der Waals surface area contributed by atoms with E-state index in [4.69, 9.17) is 21.1 Å². The van der Waals surface area contributed by atoms with E-state index >= 15 is 0 Å². The van der Waals surface area contributed by atoms with Crippen molar-refractivity contribution in [3.05, 3.63) is 0 Å². The van der Waals surface area contributed by atoms with Crippen LogP contribution in [0.1, 0.15) is 25.7 Å². The van der Waals surface area contributed by atoms with E-state index in [2.05, 4.69) is 0 Å². The molecule has 0 aliphatic heterocycles. The van der Waals surface area contributed by atoms with Gasteiger partial charge >= 0.3 is 17.9 Å². The summed E-state index contributed by atoms with van der Waals surface area (Å²) >= 11 is 0. The molecule has 7 nitrogen and oxygen atoms in total. The number of rotatable bonds is 6. The molecule has 0 fully saturated rings. The summed E-state index contributed by atoms with van der Waals surface area (Å²) in [5.74, 6) is -2.73. The van der Waals surface area contributed by atoms with Crippen molar-refractivity contribution >= 4 is 17.9 Å². The maximum Gasteiger partial charge on any atom is 0.304 e. The van der Waals surface area contributed by atoms with Gasteiger partial charge < -0.3 is 21.1 Å². The smallest absolute Gasteiger partial charge is 0.304 e. The zero-order valence-electron chi connectivity index (χ0n) is 8.18. The Hall–Kier alpha value is -1.63. The van der Waals surface area contributed by atoms with Crippen molar-refractivity contribution < 1.29 is 29.7 Å². The molecule has 0 rings (SSSR count). The lowest BCUT2D eigenvalue weighted by Gasteiger charge is -1.89. The van der Waals surface area contributed by atoms with E-state index in [1.54, 1.807) is 0 Å². The van der Waals surface area contributed by atoms with Crippen LogP contribution >= 0.6 is 0 Å². The first-order chi connectivity index (χ1) is 6.90. The van der Waals surface area contributed by atoms with Gasteiger partial charge in [-0.15, -0.1) is 0 Å². The molecule has 5 N–H and O–H groups in total. The van der Waals surface area contributed by atoms with Gasteiger partial charge in [0.1, 0.15) is 0 Å². The van der Waals surface area contributed by atoms with Crippen LogP contribution < -0.4 is 5.73 Å². The fourth-order valence-corrected chi connectivity index (χ4v) is 0.514. The van der Waals surface area contributed by atoms with Crippen LogP contribution in [0, 0.1) is 0 Å². The molecule has 0 amide bonds. The molecule has 0 aromatic carbocycles. The van der Waals surface area contributed by atoms with Crippen LogP contribution in [0.4, 0.5) is 0 Å². The number of carboxylic acid groups (broad SMARTS) is 3. The van der Waals surface area contributed by atoms with Crippen LogP contribution in [0.15, 0.2) is 0 Å². The molecule has 7 heteroatoms. The molecule has 0 unspecified atom stereocenters. The Morgan fingerprint density at radius 3 is 1.27 bits per heavy atom. The van der Waals surface area contributed by atoms with E-state index in [9.17, 15) is 14.4 Å². The molecule has 0 bridgehead atoms. The molecular formula is C8H15NO6. The summed E-state index contributed by atoms with van der Waals surface area (Å²) in [4.78, 5) is 29.1. The van der Waals surface area contributed by atoms with Crippen molar-refractivity contribution in [3.63, 3.8) is 0 Å². The zero-order valence-corrected chi connectivity index (χ0v) is 8.18. The van der Waals surface area contributed by atoms with Crippen LogP contribution in [-0.4, -0.2) is 39.8 Å². The average molecular weight is 221 g/mol. The summed E-state index contributed by atoms with van der Waals surface area (Å²) in [6, 6.07) is 0. The molecule has 0 saturated carbocycles. The summed E-state index contributed by atoms with van der Waals surface area (Å²) in [5.41, 5.74) is 4.85. The Kier molecular flexibility index (Phi) is 11.0. The number of carbonyl (C=O) groups is 3. The predicted molar refractivity (Wildman–Crippen MR) is 50.4 cm³/mol. The predicted octanol–water partition coefficient (Wildman–Crippen LogP) is -0.254. The van der Waals surface area contributed by atoms with Gasteiger partial charge in [0.25, 0.3) is 0 Å². The highest BCUT2D eigenvalue weighted by atomic mass is 16.4. The minimum absolute atomic E-state index is 0.0632. The molecule has 0 atom stereocenters. The van der Waals surface area contributed by atoms with Crippen LogP contribution in [0.2, 0.25) is 0 Å². The Morgan fingerprint density at radius 1 is 0.800 bits per heavy atom. The van der Waals surface area contributed by atoms with Gasteiger partial charge in [0, 0.05) is 19.4 Å². The number of carboxylic acids is 3. The minimum atomic E-state index is -0.948. The first-order valence-corrected chi connectivity index (χ1v) is 4.25. The van der Waals surface area contributed by atoms with E-state index < -0.39 is 17.9 Å². The van der Waals surface area contributed by atoms with Crippen LogP contribution in [0.5, 0.6) is 0 Å². The average Bonchev–Trinajstić information content (AvgIpc) is 2.03. The third-order valence-electron chi connectivity index (χ3n) is 1.14. The van der Waals surface area contributed by atoms with Crippen molar-refractivity contribution in [2.75, 3.05) is 6.54 Å². The molecule has 0 radical (unpaired) electrons. The molecule has 0 spiro atoms. The normalized spacial score (nSPS) is 8.60. The second kappa shape index (κ2) is 10.5. The van der Waals surface area contributed by atoms with Crippen LogP contribution in [-0.2, 0) is 14.4 Å². The van der Waals surface area contributed by atoms with Gasteiger partial charge in [-0.05, 0) is 6.42 Å². The third-order valence-corrected chi connectivity index (χ3v) is 1.14.